The number of benzene rings is 1. The van der Waals surface area contributed by atoms with Crippen LogP contribution in [0.3, 0.4) is 0 Å². The van der Waals surface area contributed by atoms with Gasteiger partial charge in [-0.1, -0.05) is 26.0 Å². The SMILES string of the molecule is CCOc1ccc(C(O)CN2CCCC(C)(C)C2)cc1. The van der Waals surface area contributed by atoms with E-state index in [1.165, 1.54) is 12.8 Å². The molecule has 2 rings (SSSR count). The maximum Gasteiger partial charge on any atom is 0.119 e. The lowest BCUT2D eigenvalue weighted by atomic mass is 9.84. The molecule has 0 aromatic heterocycles. The molecule has 0 saturated carbocycles. The van der Waals surface area contributed by atoms with Crippen molar-refractivity contribution >= 4 is 0 Å². The van der Waals surface area contributed by atoms with Gasteiger partial charge in [0.15, 0.2) is 0 Å². The topological polar surface area (TPSA) is 32.7 Å². The van der Waals surface area contributed by atoms with Crippen molar-refractivity contribution in [3.63, 3.8) is 0 Å². The van der Waals surface area contributed by atoms with Crippen molar-refractivity contribution < 1.29 is 9.84 Å². The third kappa shape index (κ3) is 4.22. The lowest BCUT2D eigenvalue weighted by Gasteiger charge is -2.38. The van der Waals surface area contributed by atoms with Crippen LogP contribution in [0, 0.1) is 5.41 Å². The molecular weight excluding hydrogens is 250 g/mol. The molecule has 0 spiro atoms. The molecule has 0 amide bonds. The number of likely N-dealkylation sites (tertiary alicyclic amines) is 1. The Hall–Kier alpha value is -1.06. The molecule has 112 valence electrons. The first-order valence-corrected chi connectivity index (χ1v) is 7.63. The van der Waals surface area contributed by atoms with E-state index in [0.717, 1.165) is 30.9 Å². The van der Waals surface area contributed by atoms with Gasteiger partial charge < -0.3 is 9.84 Å². The maximum absolute atomic E-state index is 10.4. The van der Waals surface area contributed by atoms with Gasteiger partial charge in [0, 0.05) is 13.1 Å². The Kier molecular flexibility index (Phi) is 5.06. The zero-order valence-electron chi connectivity index (χ0n) is 12.9. The molecule has 1 aliphatic rings. The first-order chi connectivity index (χ1) is 9.50. The average Bonchev–Trinajstić information content (AvgIpc) is 2.38. The normalized spacial score (nSPS) is 20.6. The Balaban J connectivity index is 1.92. The number of nitrogens with zero attached hydrogens (tertiary/aromatic N) is 1. The van der Waals surface area contributed by atoms with E-state index in [4.69, 9.17) is 4.74 Å². The molecule has 0 aliphatic carbocycles. The minimum absolute atomic E-state index is 0.372. The first kappa shape index (κ1) is 15.3. The van der Waals surface area contributed by atoms with Gasteiger partial charge in [-0.3, -0.25) is 4.90 Å². The predicted octanol–water partition coefficient (Wildman–Crippen LogP) is 3.24. The van der Waals surface area contributed by atoms with Crippen molar-refractivity contribution in [2.75, 3.05) is 26.2 Å². The summed E-state index contributed by atoms with van der Waals surface area (Å²) in [5, 5.41) is 10.4. The molecule has 1 saturated heterocycles. The molecule has 1 heterocycles. The highest BCUT2D eigenvalue weighted by atomic mass is 16.5. The number of hydrogen-bond donors (Lipinski definition) is 1. The van der Waals surface area contributed by atoms with Gasteiger partial charge in [0.2, 0.25) is 0 Å². The fourth-order valence-electron chi connectivity index (χ4n) is 3.00. The van der Waals surface area contributed by atoms with Gasteiger partial charge in [-0.05, 0) is 49.4 Å². The van der Waals surface area contributed by atoms with Crippen LogP contribution in [0.5, 0.6) is 5.75 Å². The van der Waals surface area contributed by atoms with E-state index >= 15 is 0 Å². The highest BCUT2D eigenvalue weighted by molar-refractivity contribution is 5.28. The van der Waals surface area contributed by atoms with Crippen LogP contribution in [-0.2, 0) is 0 Å². The quantitative estimate of drug-likeness (QED) is 0.897. The average molecular weight is 277 g/mol. The van der Waals surface area contributed by atoms with E-state index in [-0.39, 0.29) is 0 Å². The molecule has 1 fully saturated rings. The Morgan fingerprint density at radius 1 is 1.30 bits per heavy atom. The zero-order valence-corrected chi connectivity index (χ0v) is 12.9. The second-order valence-electron chi connectivity index (χ2n) is 6.52. The molecule has 1 unspecified atom stereocenters. The Morgan fingerprint density at radius 2 is 2.00 bits per heavy atom. The van der Waals surface area contributed by atoms with Gasteiger partial charge in [0.25, 0.3) is 0 Å². The molecule has 1 aromatic rings. The second-order valence-corrected chi connectivity index (χ2v) is 6.52. The number of piperidine rings is 1. The highest BCUT2D eigenvalue weighted by Crippen LogP contribution is 2.29. The molecule has 20 heavy (non-hydrogen) atoms. The lowest BCUT2D eigenvalue weighted by molar-refractivity contribution is 0.0598. The van der Waals surface area contributed by atoms with Crippen LogP contribution in [0.25, 0.3) is 0 Å². The van der Waals surface area contributed by atoms with E-state index in [0.29, 0.717) is 12.0 Å². The van der Waals surface area contributed by atoms with Crippen molar-refractivity contribution in [1.82, 2.24) is 4.90 Å². The molecule has 0 radical (unpaired) electrons. The highest BCUT2D eigenvalue weighted by Gasteiger charge is 2.27. The fourth-order valence-corrected chi connectivity index (χ4v) is 3.00. The van der Waals surface area contributed by atoms with Gasteiger partial charge in [0.1, 0.15) is 5.75 Å². The third-order valence-corrected chi connectivity index (χ3v) is 3.99. The number of hydrogen-bond acceptors (Lipinski definition) is 3. The van der Waals surface area contributed by atoms with Crippen LogP contribution in [0.1, 0.15) is 45.3 Å². The minimum Gasteiger partial charge on any atom is -0.494 e. The van der Waals surface area contributed by atoms with Crippen molar-refractivity contribution in [2.24, 2.45) is 5.41 Å². The smallest absolute Gasteiger partial charge is 0.119 e. The maximum atomic E-state index is 10.4. The lowest BCUT2D eigenvalue weighted by Crippen LogP contribution is -2.41. The summed E-state index contributed by atoms with van der Waals surface area (Å²) in [5.41, 5.74) is 1.34. The van der Waals surface area contributed by atoms with E-state index in [1.807, 2.05) is 31.2 Å². The first-order valence-electron chi connectivity index (χ1n) is 7.63. The summed E-state index contributed by atoms with van der Waals surface area (Å²) in [7, 11) is 0. The molecule has 1 aromatic carbocycles. The molecular formula is C17H27NO2. The van der Waals surface area contributed by atoms with Gasteiger partial charge in [0.05, 0.1) is 12.7 Å². The van der Waals surface area contributed by atoms with Gasteiger partial charge in [-0.2, -0.15) is 0 Å². The number of β-amino-alcohol motifs (C(OH)–C–C–N with tert-alkyl or cyclic N) is 1. The van der Waals surface area contributed by atoms with E-state index in [2.05, 4.69) is 18.7 Å². The Bertz CT molecular complexity index is 414. The Morgan fingerprint density at radius 3 is 2.60 bits per heavy atom. The summed E-state index contributed by atoms with van der Waals surface area (Å²) in [6.45, 7) is 10.1. The van der Waals surface area contributed by atoms with Crippen LogP contribution in [0.4, 0.5) is 0 Å². The number of aliphatic hydroxyl groups excluding tert-OH is 1. The van der Waals surface area contributed by atoms with Gasteiger partial charge >= 0.3 is 0 Å². The van der Waals surface area contributed by atoms with Crippen molar-refractivity contribution in [2.45, 2.75) is 39.7 Å². The van der Waals surface area contributed by atoms with Gasteiger partial charge in [-0.25, -0.2) is 0 Å². The van der Waals surface area contributed by atoms with Crippen LogP contribution in [0.2, 0.25) is 0 Å². The van der Waals surface area contributed by atoms with Crippen LogP contribution >= 0.6 is 0 Å². The van der Waals surface area contributed by atoms with Crippen LogP contribution < -0.4 is 4.74 Å². The number of rotatable bonds is 5. The van der Waals surface area contributed by atoms with Crippen LogP contribution in [-0.4, -0.2) is 36.2 Å². The van der Waals surface area contributed by atoms with E-state index < -0.39 is 6.10 Å². The summed E-state index contributed by atoms with van der Waals surface area (Å²) >= 11 is 0. The van der Waals surface area contributed by atoms with E-state index in [1.54, 1.807) is 0 Å². The molecule has 1 atom stereocenters. The third-order valence-electron chi connectivity index (χ3n) is 3.99. The Labute approximate surface area is 122 Å². The standard InChI is InChI=1S/C17H27NO2/c1-4-20-15-8-6-14(7-9-15)16(19)12-18-11-5-10-17(2,3)13-18/h6-9,16,19H,4-5,10-13H2,1-3H3. The number of aliphatic hydroxyl groups is 1. The largest absolute Gasteiger partial charge is 0.494 e. The van der Waals surface area contributed by atoms with Crippen molar-refractivity contribution in [3.05, 3.63) is 29.8 Å². The second kappa shape index (κ2) is 6.59. The van der Waals surface area contributed by atoms with Crippen molar-refractivity contribution in [1.29, 1.82) is 0 Å². The monoisotopic (exact) mass is 277 g/mol. The van der Waals surface area contributed by atoms with Crippen LogP contribution in [0.15, 0.2) is 24.3 Å². The molecule has 1 aliphatic heterocycles. The summed E-state index contributed by atoms with van der Waals surface area (Å²) in [4.78, 5) is 2.38. The summed E-state index contributed by atoms with van der Waals surface area (Å²) < 4.78 is 5.43. The molecule has 3 nitrogen and oxygen atoms in total. The molecule has 3 heteroatoms. The fraction of sp³-hybridized carbons (Fsp3) is 0.647. The van der Waals surface area contributed by atoms with Gasteiger partial charge in [-0.15, -0.1) is 0 Å². The summed E-state index contributed by atoms with van der Waals surface area (Å²) in [6.07, 6.45) is 2.09. The summed E-state index contributed by atoms with van der Waals surface area (Å²) in [5.74, 6) is 0.863. The predicted molar refractivity (Wildman–Crippen MR) is 82.0 cm³/mol. The minimum atomic E-state index is -0.417. The van der Waals surface area contributed by atoms with E-state index in [9.17, 15) is 5.11 Å². The van der Waals surface area contributed by atoms with Crippen molar-refractivity contribution in [3.8, 4) is 5.75 Å². The zero-order chi connectivity index (χ0) is 14.6. The molecule has 0 bridgehead atoms. The summed E-state index contributed by atoms with van der Waals surface area (Å²) in [6, 6.07) is 7.79. The number of ether oxygens (including phenoxy) is 1. The molecule has 1 N–H and O–H groups in total.